The third-order valence-corrected chi connectivity index (χ3v) is 5.74. The molecule has 1 aromatic carbocycles. The first-order valence-electron chi connectivity index (χ1n) is 9.96. The molecule has 1 aliphatic heterocycles. The van der Waals surface area contributed by atoms with E-state index in [1.54, 1.807) is 18.5 Å². The Morgan fingerprint density at radius 3 is 3.10 bits per heavy atom. The van der Waals surface area contributed by atoms with Gasteiger partial charge >= 0.3 is 5.97 Å². The second kappa shape index (κ2) is 10.5. The summed E-state index contributed by atoms with van der Waals surface area (Å²) in [4.78, 5) is 18.1. The first-order chi connectivity index (χ1) is 14.0. The summed E-state index contributed by atoms with van der Waals surface area (Å²) in [6.07, 6.45) is 5.31. The molecule has 0 aliphatic carbocycles. The highest BCUT2D eigenvalue weighted by Gasteiger charge is 2.19. The van der Waals surface area contributed by atoms with Gasteiger partial charge in [0, 0.05) is 23.5 Å². The molecule has 8 heteroatoms. The molecule has 1 saturated heterocycles. The molecule has 156 valence electrons. The van der Waals surface area contributed by atoms with Gasteiger partial charge in [-0.1, -0.05) is 18.6 Å². The van der Waals surface area contributed by atoms with Crippen molar-refractivity contribution in [3.8, 4) is 0 Å². The number of likely N-dealkylation sites (tertiary alicyclic amines) is 1. The molecule has 1 fully saturated rings. The lowest BCUT2D eigenvalue weighted by atomic mass is 10.0. The summed E-state index contributed by atoms with van der Waals surface area (Å²) in [6.45, 7) is 6.00. The van der Waals surface area contributed by atoms with Gasteiger partial charge in [0.25, 0.3) is 0 Å². The number of hydrazone groups is 1. The lowest BCUT2D eigenvalue weighted by Crippen LogP contribution is -2.36. The summed E-state index contributed by atoms with van der Waals surface area (Å²) in [7, 11) is 0. The van der Waals surface area contributed by atoms with Crippen LogP contribution in [-0.2, 0) is 22.5 Å². The molecular weight excluding hydrogens is 391 g/mol. The molecule has 1 unspecified atom stereocenters. The van der Waals surface area contributed by atoms with Crippen LogP contribution >= 0.6 is 11.3 Å². The number of thiazole rings is 1. The summed E-state index contributed by atoms with van der Waals surface area (Å²) >= 11 is 1.35. The summed E-state index contributed by atoms with van der Waals surface area (Å²) in [6, 6.07) is 5.70. The largest absolute Gasteiger partial charge is 0.466 e. The summed E-state index contributed by atoms with van der Waals surface area (Å²) in [5.41, 5.74) is 4.84. The number of piperidine rings is 1. The molecule has 3 rings (SSSR count). The number of hydrogen-bond donors (Lipinski definition) is 1. The SMILES string of the molecule is CCOC(=O)Cc1csc(NN=Cc2ccc(CN3CCCCC3C)c(F)c2)n1. The number of carbonyl (C=O) groups is 1. The Hall–Kier alpha value is -2.32. The number of halogens is 1. The number of rotatable bonds is 8. The molecule has 0 bridgehead atoms. The van der Waals surface area contributed by atoms with Crippen molar-refractivity contribution in [3.63, 3.8) is 0 Å². The Morgan fingerprint density at radius 1 is 1.48 bits per heavy atom. The number of anilines is 1. The Kier molecular flexibility index (Phi) is 7.71. The van der Waals surface area contributed by atoms with Crippen LogP contribution in [0.4, 0.5) is 9.52 Å². The molecule has 2 aromatic rings. The van der Waals surface area contributed by atoms with E-state index in [1.807, 2.05) is 12.1 Å². The predicted molar refractivity (Wildman–Crippen MR) is 114 cm³/mol. The number of benzene rings is 1. The zero-order valence-electron chi connectivity index (χ0n) is 16.9. The molecule has 1 aliphatic rings. The Labute approximate surface area is 174 Å². The second-order valence-electron chi connectivity index (χ2n) is 7.16. The van der Waals surface area contributed by atoms with Crippen LogP contribution in [0, 0.1) is 5.82 Å². The molecule has 0 amide bonds. The van der Waals surface area contributed by atoms with Gasteiger partial charge in [-0.3, -0.25) is 15.1 Å². The smallest absolute Gasteiger partial charge is 0.311 e. The van der Waals surface area contributed by atoms with Gasteiger partial charge in [-0.25, -0.2) is 9.37 Å². The summed E-state index contributed by atoms with van der Waals surface area (Å²) in [5, 5.41) is 6.47. The quantitative estimate of drug-likeness (QED) is 0.395. The zero-order chi connectivity index (χ0) is 20.6. The molecule has 0 radical (unpaired) electrons. The van der Waals surface area contributed by atoms with Crippen LogP contribution in [0.25, 0.3) is 0 Å². The minimum absolute atomic E-state index is 0.137. The van der Waals surface area contributed by atoms with Gasteiger partial charge < -0.3 is 4.74 Å². The Balaban J connectivity index is 1.54. The normalized spacial score (nSPS) is 17.6. The van der Waals surface area contributed by atoms with Crippen molar-refractivity contribution in [1.29, 1.82) is 0 Å². The van der Waals surface area contributed by atoms with Crippen molar-refractivity contribution in [2.24, 2.45) is 5.10 Å². The van der Waals surface area contributed by atoms with Gasteiger partial charge in [0.1, 0.15) is 5.82 Å². The number of carbonyl (C=O) groups excluding carboxylic acids is 1. The summed E-state index contributed by atoms with van der Waals surface area (Å²) < 4.78 is 19.4. The van der Waals surface area contributed by atoms with Crippen LogP contribution in [0.5, 0.6) is 0 Å². The van der Waals surface area contributed by atoms with E-state index in [0.29, 0.717) is 41.1 Å². The van der Waals surface area contributed by atoms with E-state index in [9.17, 15) is 9.18 Å². The highest BCUT2D eigenvalue weighted by Crippen LogP contribution is 2.21. The first kappa shape index (κ1) is 21.4. The molecule has 29 heavy (non-hydrogen) atoms. The van der Waals surface area contributed by atoms with Crippen LogP contribution in [0.15, 0.2) is 28.7 Å². The molecule has 0 saturated carbocycles. The van der Waals surface area contributed by atoms with Gasteiger partial charge in [0.05, 0.1) is 24.9 Å². The fourth-order valence-corrected chi connectivity index (χ4v) is 4.00. The molecule has 0 spiro atoms. The van der Waals surface area contributed by atoms with Crippen molar-refractivity contribution in [3.05, 3.63) is 46.2 Å². The van der Waals surface area contributed by atoms with E-state index < -0.39 is 0 Å². The number of ether oxygens (including phenoxy) is 1. The molecular formula is C21H27FN4O2S. The molecule has 1 N–H and O–H groups in total. The minimum atomic E-state index is -0.303. The van der Waals surface area contributed by atoms with Gasteiger partial charge in [-0.2, -0.15) is 5.10 Å². The van der Waals surface area contributed by atoms with Crippen LogP contribution in [0.2, 0.25) is 0 Å². The number of nitrogens with zero attached hydrogens (tertiary/aromatic N) is 3. The van der Waals surface area contributed by atoms with E-state index >= 15 is 0 Å². The lowest BCUT2D eigenvalue weighted by Gasteiger charge is -2.33. The fraction of sp³-hybridized carbons (Fsp3) is 0.476. The van der Waals surface area contributed by atoms with Crippen LogP contribution < -0.4 is 5.43 Å². The Morgan fingerprint density at radius 2 is 2.34 bits per heavy atom. The fourth-order valence-electron chi connectivity index (χ4n) is 3.34. The van der Waals surface area contributed by atoms with Crippen LogP contribution in [0.1, 0.15) is 49.9 Å². The third kappa shape index (κ3) is 6.33. The highest BCUT2D eigenvalue weighted by atomic mass is 32.1. The lowest BCUT2D eigenvalue weighted by molar-refractivity contribution is -0.142. The maximum absolute atomic E-state index is 14.5. The summed E-state index contributed by atoms with van der Waals surface area (Å²) in [5.74, 6) is -0.514. The van der Waals surface area contributed by atoms with E-state index in [2.05, 4.69) is 27.3 Å². The maximum Gasteiger partial charge on any atom is 0.311 e. The number of esters is 1. The third-order valence-electron chi connectivity index (χ3n) is 4.95. The molecule has 6 nitrogen and oxygen atoms in total. The van der Waals surface area contributed by atoms with E-state index in [1.165, 1.54) is 36.7 Å². The predicted octanol–water partition coefficient (Wildman–Crippen LogP) is 4.21. The standard InChI is InChI=1S/C21H27FN4O2S/c1-3-28-20(27)11-18-14-29-21(24-18)25-23-12-16-7-8-17(19(22)10-16)13-26-9-5-4-6-15(26)2/h7-8,10,12,14-15H,3-6,9,11,13H2,1-2H3,(H,24,25). The first-order valence-corrected chi connectivity index (χ1v) is 10.8. The van der Waals surface area contributed by atoms with Crippen molar-refractivity contribution in [2.45, 2.75) is 52.1 Å². The molecule has 2 heterocycles. The maximum atomic E-state index is 14.5. The highest BCUT2D eigenvalue weighted by molar-refractivity contribution is 7.13. The van der Waals surface area contributed by atoms with Crippen molar-refractivity contribution in [2.75, 3.05) is 18.6 Å². The average molecular weight is 419 g/mol. The molecule has 1 atom stereocenters. The minimum Gasteiger partial charge on any atom is -0.466 e. The van der Waals surface area contributed by atoms with E-state index in [4.69, 9.17) is 4.74 Å². The van der Waals surface area contributed by atoms with Crippen molar-refractivity contribution in [1.82, 2.24) is 9.88 Å². The Bertz CT molecular complexity index is 855. The number of hydrogen-bond acceptors (Lipinski definition) is 7. The van der Waals surface area contributed by atoms with E-state index in [0.717, 1.165) is 6.54 Å². The van der Waals surface area contributed by atoms with Crippen LogP contribution in [0.3, 0.4) is 0 Å². The van der Waals surface area contributed by atoms with Gasteiger partial charge in [-0.05, 0) is 44.9 Å². The average Bonchev–Trinajstić information content (AvgIpc) is 3.13. The van der Waals surface area contributed by atoms with Crippen molar-refractivity contribution >= 4 is 28.7 Å². The van der Waals surface area contributed by atoms with Crippen molar-refractivity contribution < 1.29 is 13.9 Å². The monoisotopic (exact) mass is 418 g/mol. The topological polar surface area (TPSA) is 66.8 Å². The molecule has 1 aromatic heterocycles. The van der Waals surface area contributed by atoms with Gasteiger partial charge in [-0.15, -0.1) is 11.3 Å². The van der Waals surface area contributed by atoms with Gasteiger partial charge in [0.2, 0.25) is 5.13 Å². The number of nitrogens with one attached hydrogen (secondary N) is 1. The number of aromatic nitrogens is 1. The van der Waals surface area contributed by atoms with Gasteiger partial charge in [0.15, 0.2) is 0 Å². The zero-order valence-corrected chi connectivity index (χ0v) is 17.7. The van der Waals surface area contributed by atoms with E-state index in [-0.39, 0.29) is 18.2 Å². The van der Waals surface area contributed by atoms with Crippen LogP contribution in [-0.4, -0.2) is 41.3 Å². The second-order valence-corrected chi connectivity index (χ2v) is 8.02.